The highest BCUT2D eigenvalue weighted by molar-refractivity contribution is 6.30. The van der Waals surface area contributed by atoms with E-state index in [2.05, 4.69) is 22.2 Å². The Kier molecular flexibility index (Phi) is 3.66. The van der Waals surface area contributed by atoms with Gasteiger partial charge >= 0.3 is 0 Å². The number of rotatable bonds is 4. The average molecular weight is 280 g/mol. The Balaban J connectivity index is 1.79. The molecule has 2 saturated carbocycles. The molecule has 1 aromatic heterocycles. The topological polar surface area (TPSA) is 37.8 Å². The number of nitrogens with zero attached hydrogens (tertiary/aromatic N) is 2. The van der Waals surface area contributed by atoms with Gasteiger partial charge in [0.2, 0.25) is 0 Å². The second-order valence-corrected chi connectivity index (χ2v) is 6.44. The molecule has 1 N–H and O–H groups in total. The molecular formula is C15H22ClN3. The second kappa shape index (κ2) is 5.28. The van der Waals surface area contributed by atoms with Gasteiger partial charge in [0.25, 0.3) is 0 Å². The quantitative estimate of drug-likeness (QED) is 0.847. The number of aryl methyl sites for hydroxylation is 1. The molecule has 2 aliphatic rings. The van der Waals surface area contributed by atoms with Gasteiger partial charge in [-0.3, -0.25) is 0 Å². The van der Waals surface area contributed by atoms with Crippen LogP contribution in [0.2, 0.25) is 5.15 Å². The molecule has 3 unspecified atom stereocenters. The van der Waals surface area contributed by atoms with Crippen LogP contribution in [0, 0.1) is 18.8 Å². The van der Waals surface area contributed by atoms with Gasteiger partial charge in [-0.15, -0.1) is 0 Å². The van der Waals surface area contributed by atoms with E-state index in [0.717, 1.165) is 41.9 Å². The minimum atomic E-state index is 0.595. The van der Waals surface area contributed by atoms with Gasteiger partial charge in [-0.1, -0.05) is 24.9 Å². The van der Waals surface area contributed by atoms with Crippen molar-refractivity contribution in [2.24, 2.45) is 11.8 Å². The fourth-order valence-corrected chi connectivity index (χ4v) is 3.79. The van der Waals surface area contributed by atoms with Crippen LogP contribution in [0.3, 0.4) is 0 Å². The third kappa shape index (κ3) is 2.58. The molecule has 3 nitrogen and oxygen atoms in total. The Labute approximate surface area is 120 Å². The maximum atomic E-state index is 6.23. The van der Waals surface area contributed by atoms with Gasteiger partial charge in [0.1, 0.15) is 16.8 Å². The van der Waals surface area contributed by atoms with Crippen LogP contribution in [0.5, 0.6) is 0 Å². The SMILES string of the molecule is CCCc1nc(Cl)c(C)c(NC2CC3CCC2C3)n1. The van der Waals surface area contributed by atoms with Crippen LogP contribution in [0.15, 0.2) is 0 Å². The predicted molar refractivity (Wildman–Crippen MR) is 78.6 cm³/mol. The molecule has 2 bridgehead atoms. The molecule has 104 valence electrons. The minimum Gasteiger partial charge on any atom is -0.367 e. The van der Waals surface area contributed by atoms with E-state index in [1.165, 1.54) is 25.7 Å². The maximum Gasteiger partial charge on any atom is 0.137 e. The zero-order chi connectivity index (χ0) is 13.4. The number of fused-ring (bicyclic) bond motifs is 2. The van der Waals surface area contributed by atoms with Gasteiger partial charge < -0.3 is 5.32 Å². The zero-order valence-corrected chi connectivity index (χ0v) is 12.5. The van der Waals surface area contributed by atoms with Gasteiger partial charge in [-0.2, -0.15) is 0 Å². The van der Waals surface area contributed by atoms with Crippen molar-refractivity contribution < 1.29 is 0 Å². The summed E-state index contributed by atoms with van der Waals surface area (Å²) in [6.07, 6.45) is 7.44. The highest BCUT2D eigenvalue weighted by atomic mass is 35.5. The third-order valence-electron chi connectivity index (χ3n) is 4.67. The Bertz CT molecular complexity index is 475. The van der Waals surface area contributed by atoms with Crippen molar-refractivity contribution in [1.29, 1.82) is 0 Å². The summed E-state index contributed by atoms with van der Waals surface area (Å²) in [4.78, 5) is 9.02. The number of hydrogen-bond donors (Lipinski definition) is 1. The van der Waals surface area contributed by atoms with Crippen molar-refractivity contribution in [2.75, 3.05) is 5.32 Å². The van der Waals surface area contributed by atoms with Gasteiger partial charge in [0.15, 0.2) is 0 Å². The first kappa shape index (κ1) is 13.2. The lowest BCUT2D eigenvalue weighted by Crippen LogP contribution is -2.27. The molecule has 0 radical (unpaired) electrons. The molecular weight excluding hydrogens is 258 g/mol. The second-order valence-electron chi connectivity index (χ2n) is 6.08. The molecule has 0 saturated heterocycles. The maximum absolute atomic E-state index is 6.23. The van der Waals surface area contributed by atoms with Crippen LogP contribution >= 0.6 is 11.6 Å². The van der Waals surface area contributed by atoms with E-state index in [1.54, 1.807) is 0 Å². The fourth-order valence-electron chi connectivity index (χ4n) is 3.61. The smallest absolute Gasteiger partial charge is 0.137 e. The fraction of sp³-hybridized carbons (Fsp3) is 0.733. The lowest BCUT2D eigenvalue weighted by atomic mass is 9.95. The normalized spacial score (nSPS) is 28.9. The van der Waals surface area contributed by atoms with Crippen molar-refractivity contribution in [3.05, 3.63) is 16.5 Å². The Morgan fingerprint density at radius 2 is 2.11 bits per heavy atom. The Morgan fingerprint density at radius 1 is 1.26 bits per heavy atom. The summed E-state index contributed by atoms with van der Waals surface area (Å²) in [5, 5.41) is 4.25. The molecule has 2 fully saturated rings. The van der Waals surface area contributed by atoms with Crippen LogP contribution in [0.4, 0.5) is 5.82 Å². The van der Waals surface area contributed by atoms with E-state index in [1.807, 2.05) is 6.92 Å². The van der Waals surface area contributed by atoms with Crippen LogP contribution in [0.1, 0.15) is 50.4 Å². The first-order chi connectivity index (χ1) is 9.17. The average Bonchev–Trinajstić information content (AvgIpc) is 2.98. The van der Waals surface area contributed by atoms with E-state index in [-0.39, 0.29) is 0 Å². The number of nitrogens with one attached hydrogen (secondary N) is 1. The first-order valence-corrected chi connectivity index (χ1v) is 7.84. The van der Waals surface area contributed by atoms with E-state index < -0.39 is 0 Å². The van der Waals surface area contributed by atoms with E-state index in [4.69, 9.17) is 11.6 Å². The van der Waals surface area contributed by atoms with Crippen LogP contribution in [0.25, 0.3) is 0 Å². The molecule has 0 amide bonds. The van der Waals surface area contributed by atoms with Gasteiger partial charge in [-0.05, 0) is 44.4 Å². The summed E-state index contributed by atoms with van der Waals surface area (Å²) in [6.45, 7) is 4.15. The van der Waals surface area contributed by atoms with E-state index in [9.17, 15) is 0 Å². The largest absolute Gasteiger partial charge is 0.367 e. The number of anilines is 1. The first-order valence-electron chi connectivity index (χ1n) is 7.47. The molecule has 0 aromatic carbocycles. The highest BCUT2D eigenvalue weighted by Crippen LogP contribution is 2.45. The summed E-state index contributed by atoms with van der Waals surface area (Å²) >= 11 is 6.23. The van der Waals surface area contributed by atoms with E-state index >= 15 is 0 Å². The Hall–Kier alpha value is -0.830. The van der Waals surface area contributed by atoms with Crippen molar-refractivity contribution in [2.45, 2.75) is 58.4 Å². The minimum absolute atomic E-state index is 0.595. The van der Waals surface area contributed by atoms with Crippen LogP contribution in [-0.4, -0.2) is 16.0 Å². The molecule has 4 heteroatoms. The Morgan fingerprint density at radius 3 is 2.74 bits per heavy atom. The van der Waals surface area contributed by atoms with Crippen LogP contribution < -0.4 is 5.32 Å². The third-order valence-corrected chi connectivity index (χ3v) is 5.03. The predicted octanol–water partition coefficient (Wildman–Crippen LogP) is 3.99. The number of hydrogen-bond acceptors (Lipinski definition) is 3. The summed E-state index contributed by atoms with van der Waals surface area (Å²) in [7, 11) is 0. The molecule has 0 spiro atoms. The van der Waals surface area contributed by atoms with Crippen molar-refractivity contribution in [3.63, 3.8) is 0 Å². The van der Waals surface area contributed by atoms with Gasteiger partial charge in [-0.25, -0.2) is 9.97 Å². The summed E-state index contributed by atoms with van der Waals surface area (Å²) < 4.78 is 0. The lowest BCUT2D eigenvalue weighted by Gasteiger charge is -2.24. The summed E-state index contributed by atoms with van der Waals surface area (Å²) in [5.41, 5.74) is 0.990. The molecule has 0 aliphatic heterocycles. The number of aromatic nitrogens is 2. The summed E-state index contributed by atoms with van der Waals surface area (Å²) in [6, 6.07) is 0.595. The van der Waals surface area contributed by atoms with Crippen molar-refractivity contribution in [1.82, 2.24) is 9.97 Å². The molecule has 3 rings (SSSR count). The molecule has 19 heavy (non-hydrogen) atoms. The molecule has 3 atom stereocenters. The highest BCUT2D eigenvalue weighted by Gasteiger charge is 2.39. The monoisotopic (exact) mass is 279 g/mol. The van der Waals surface area contributed by atoms with Crippen molar-refractivity contribution >= 4 is 17.4 Å². The number of halogens is 1. The molecule has 2 aliphatic carbocycles. The molecule has 1 aromatic rings. The van der Waals surface area contributed by atoms with E-state index in [0.29, 0.717) is 11.2 Å². The van der Waals surface area contributed by atoms with Gasteiger partial charge in [0.05, 0.1) is 0 Å². The lowest BCUT2D eigenvalue weighted by molar-refractivity contribution is 0.438. The zero-order valence-electron chi connectivity index (χ0n) is 11.7. The van der Waals surface area contributed by atoms with Crippen molar-refractivity contribution in [3.8, 4) is 0 Å². The molecule has 1 heterocycles. The van der Waals surface area contributed by atoms with Crippen LogP contribution in [-0.2, 0) is 6.42 Å². The summed E-state index contributed by atoms with van der Waals surface area (Å²) in [5.74, 6) is 3.60. The standard InChI is InChI=1S/C15H22ClN3/c1-3-4-13-18-14(16)9(2)15(19-13)17-12-8-10-5-6-11(12)7-10/h10-12H,3-8H2,1-2H3,(H,17,18,19). The van der Waals surface area contributed by atoms with Gasteiger partial charge in [0, 0.05) is 18.0 Å².